The quantitative estimate of drug-likeness (QED) is 0.535. The molecule has 0 saturated carbocycles. The van der Waals surface area contributed by atoms with Gasteiger partial charge in [0.25, 0.3) is 15.9 Å². The van der Waals surface area contributed by atoms with Gasteiger partial charge in [0.2, 0.25) is 0 Å². The van der Waals surface area contributed by atoms with Gasteiger partial charge in [-0.3, -0.25) is 20.3 Å². The molecule has 0 aliphatic carbocycles. The van der Waals surface area contributed by atoms with Crippen LogP contribution in [-0.2, 0) is 14.8 Å². The fraction of sp³-hybridized carbons (Fsp3) is 0.278. The SMILES string of the molecule is Cc1cc(C)c(C)c(S(=O)(=O)NNC(=O)COc2ccccc2[N+](=O)[O-])c1C. The van der Waals surface area contributed by atoms with Crippen LogP contribution in [0.5, 0.6) is 5.75 Å². The number of nitrogens with one attached hydrogen (secondary N) is 2. The molecule has 0 fully saturated rings. The lowest BCUT2D eigenvalue weighted by Gasteiger charge is -2.16. The van der Waals surface area contributed by atoms with Gasteiger partial charge in [0.1, 0.15) is 0 Å². The zero-order chi connectivity index (χ0) is 21.1. The first-order valence-electron chi connectivity index (χ1n) is 8.29. The highest BCUT2D eigenvalue weighted by molar-refractivity contribution is 7.89. The van der Waals surface area contributed by atoms with Gasteiger partial charge >= 0.3 is 5.69 Å². The molecule has 0 unspecified atom stereocenters. The predicted octanol–water partition coefficient (Wildman–Crippen LogP) is 2.22. The van der Waals surface area contributed by atoms with Crippen molar-refractivity contribution in [2.75, 3.05) is 6.61 Å². The molecule has 0 aliphatic heterocycles. The fourth-order valence-electron chi connectivity index (χ4n) is 2.67. The highest BCUT2D eigenvalue weighted by Crippen LogP contribution is 2.26. The molecular formula is C18H21N3O6S. The average Bonchev–Trinajstić information content (AvgIpc) is 2.63. The van der Waals surface area contributed by atoms with Crippen LogP contribution in [0.1, 0.15) is 22.3 Å². The second-order valence-electron chi connectivity index (χ2n) is 6.26. The Balaban J connectivity index is 2.08. The van der Waals surface area contributed by atoms with Crippen LogP contribution in [0.25, 0.3) is 0 Å². The lowest BCUT2D eigenvalue weighted by atomic mass is 10.0. The molecule has 10 heteroatoms. The van der Waals surface area contributed by atoms with Crippen LogP contribution in [0.4, 0.5) is 5.69 Å². The molecule has 0 aliphatic rings. The van der Waals surface area contributed by atoms with Gasteiger partial charge in [0.15, 0.2) is 12.4 Å². The summed E-state index contributed by atoms with van der Waals surface area (Å²) in [5.41, 5.74) is 4.57. The Kier molecular flexibility index (Phi) is 6.37. The van der Waals surface area contributed by atoms with Crippen molar-refractivity contribution < 1.29 is 22.9 Å². The third-order valence-corrected chi connectivity index (χ3v) is 5.83. The van der Waals surface area contributed by atoms with Gasteiger partial charge in [0, 0.05) is 6.07 Å². The summed E-state index contributed by atoms with van der Waals surface area (Å²) in [4.78, 5) is 24.4. The molecule has 150 valence electrons. The lowest BCUT2D eigenvalue weighted by molar-refractivity contribution is -0.385. The smallest absolute Gasteiger partial charge is 0.310 e. The van der Waals surface area contributed by atoms with Crippen LogP contribution in [0.2, 0.25) is 0 Å². The van der Waals surface area contributed by atoms with Crippen LogP contribution >= 0.6 is 0 Å². The van der Waals surface area contributed by atoms with Crippen molar-refractivity contribution >= 4 is 21.6 Å². The topological polar surface area (TPSA) is 128 Å². The Hall–Kier alpha value is -2.98. The third-order valence-electron chi connectivity index (χ3n) is 4.31. The number of aryl methyl sites for hydroxylation is 2. The number of amides is 1. The maximum absolute atomic E-state index is 12.6. The van der Waals surface area contributed by atoms with Crippen molar-refractivity contribution in [2.45, 2.75) is 32.6 Å². The summed E-state index contributed by atoms with van der Waals surface area (Å²) in [6.07, 6.45) is 0. The van der Waals surface area contributed by atoms with Gasteiger partial charge in [-0.2, -0.15) is 0 Å². The molecule has 9 nitrogen and oxygen atoms in total. The minimum atomic E-state index is -4.01. The number of hydrogen-bond acceptors (Lipinski definition) is 6. The minimum absolute atomic E-state index is 0.0912. The number of sulfonamides is 1. The van der Waals surface area contributed by atoms with Crippen LogP contribution in [-0.4, -0.2) is 25.9 Å². The van der Waals surface area contributed by atoms with E-state index in [-0.39, 0.29) is 16.3 Å². The second-order valence-corrected chi connectivity index (χ2v) is 7.88. The van der Waals surface area contributed by atoms with Crippen LogP contribution in [0.3, 0.4) is 0 Å². The normalized spacial score (nSPS) is 11.1. The number of hydrazine groups is 1. The summed E-state index contributed by atoms with van der Waals surface area (Å²) < 4.78 is 30.4. The highest BCUT2D eigenvalue weighted by atomic mass is 32.2. The maximum atomic E-state index is 12.6. The van der Waals surface area contributed by atoms with E-state index in [1.54, 1.807) is 27.7 Å². The van der Waals surface area contributed by atoms with E-state index in [1.165, 1.54) is 24.3 Å². The molecule has 2 aromatic carbocycles. The van der Waals surface area contributed by atoms with Crippen molar-refractivity contribution in [1.29, 1.82) is 0 Å². The van der Waals surface area contributed by atoms with Gasteiger partial charge in [-0.1, -0.05) is 18.2 Å². The largest absolute Gasteiger partial charge is 0.477 e. The zero-order valence-corrected chi connectivity index (χ0v) is 16.7. The average molecular weight is 407 g/mol. The standard InChI is InChI=1S/C18H21N3O6S/c1-11-9-12(2)14(4)18(13(11)3)28(25,26)20-19-17(22)10-27-16-8-6-5-7-15(16)21(23)24/h5-9,20H,10H2,1-4H3,(H,19,22). The van der Waals surface area contributed by atoms with E-state index < -0.39 is 27.5 Å². The van der Waals surface area contributed by atoms with Crippen LogP contribution in [0.15, 0.2) is 35.2 Å². The van der Waals surface area contributed by atoms with Crippen molar-refractivity contribution in [3.05, 3.63) is 62.7 Å². The number of ether oxygens (including phenoxy) is 1. The molecule has 2 rings (SSSR count). The molecule has 2 aromatic rings. The number of nitrogens with zero attached hydrogens (tertiary/aromatic N) is 1. The van der Waals surface area contributed by atoms with Gasteiger partial charge in [0.05, 0.1) is 9.82 Å². The molecule has 28 heavy (non-hydrogen) atoms. The molecule has 0 aromatic heterocycles. The van der Waals surface area contributed by atoms with Crippen molar-refractivity contribution in [2.24, 2.45) is 0 Å². The number of hydrogen-bond donors (Lipinski definition) is 2. The van der Waals surface area contributed by atoms with Crippen molar-refractivity contribution in [3.63, 3.8) is 0 Å². The molecule has 0 saturated heterocycles. The van der Waals surface area contributed by atoms with E-state index in [0.29, 0.717) is 11.1 Å². The number of benzene rings is 2. The summed E-state index contributed by atoms with van der Waals surface area (Å²) in [5.74, 6) is -0.895. The van der Waals surface area contributed by atoms with Crippen LogP contribution < -0.4 is 15.0 Å². The first kappa shape index (κ1) is 21.3. The predicted molar refractivity (Wildman–Crippen MR) is 102 cm³/mol. The Labute approximate surface area is 162 Å². The molecule has 0 spiro atoms. The van der Waals surface area contributed by atoms with E-state index in [4.69, 9.17) is 4.74 Å². The molecule has 0 heterocycles. The third kappa shape index (κ3) is 4.65. The Morgan fingerprint density at radius 1 is 1.11 bits per heavy atom. The summed E-state index contributed by atoms with van der Waals surface area (Å²) in [7, 11) is -4.01. The number of rotatable bonds is 7. The van der Waals surface area contributed by atoms with Gasteiger partial charge < -0.3 is 4.74 Å². The molecule has 0 bridgehead atoms. The van der Waals surface area contributed by atoms with Crippen molar-refractivity contribution in [3.8, 4) is 5.75 Å². The second kappa shape index (κ2) is 8.36. The molecule has 2 N–H and O–H groups in total. The maximum Gasteiger partial charge on any atom is 0.310 e. The highest BCUT2D eigenvalue weighted by Gasteiger charge is 2.23. The van der Waals surface area contributed by atoms with E-state index in [1.807, 2.05) is 10.9 Å². The minimum Gasteiger partial charge on any atom is -0.477 e. The zero-order valence-electron chi connectivity index (χ0n) is 15.9. The van der Waals surface area contributed by atoms with Crippen LogP contribution in [0, 0.1) is 37.8 Å². The van der Waals surface area contributed by atoms with Gasteiger partial charge in [-0.05, 0) is 56.0 Å². The number of nitro benzene ring substituents is 1. The molecular weight excluding hydrogens is 386 g/mol. The molecule has 0 radical (unpaired) electrons. The Morgan fingerprint density at radius 3 is 2.25 bits per heavy atom. The summed E-state index contributed by atoms with van der Waals surface area (Å²) >= 11 is 0. The number of carbonyl (C=O) groups excluding carboxylic acids is 1. The van der Waals surface area contributed by atoms with Crippen molar-refractivity contribution in [1.82, 2.24) is 10.3 Å². The van der Waals surface area contributed by atoms with E-state index >= 15 is 0 Å². The number of nitro groups is 1. The van der Waals surface area contributed by atoms with E-state index in [2.05, 4.69) is 5.43 Å². The van der Waals surface area contributed by atoms with E-state index in [9.17, 15) is 23.3 Å². The first-order chi connectivity index (χ1) is 13.0. The molecule has 1 amide bonds. The summed E-state index contributed by atoms with van der Waals surface area (Å²) in [6, 6.07) is 7.46. The fourth-order valence-corrected chi connectivity index (χ4v) is 4.15. The number of para-hydroxylation sites is 2. The van der Waals surface area contributed by atoms with Gasteiger partial charge in [-0.25, -0.2) is 8.42 Å². The molecule has 0 atom stereocenters. The monoisotopic (exact) mass is 407 g/mol. The summed E-state index contributed by atoms with van der Waals surface area (Å²) in [5, 5.41) is 10.9. The Morgan fingerprint density at radius 2 is 1.68 bits per heavy atom. The van der Waals surface area contributed by atoms with E-state index in [0.717, 1.165) is 11.1 Å². The number of carbonyl (C=O) groups is 1. The first-order valence-corrected chi connectivity index (χ1v) is 9.77. The Bertz CT molecular complexity index is 1010. The summed E-state index contributed by atoms with van der Waals surface area (Å²) in [6.45, 7) is 6.39. The van der Waals surface area contributed by atoms with Gasteiger partial charge in [-0.15, -0.1) is 4.83 Å². The lowest BCUT2D eigenvalue weighted by Crippen LogP contribution is -2.44.